The summed E-state index contributed by atoms with van der Waals surface area (Å²) in [6.45, 7) is 3.30. The van der Waals surface area contributed by atoms with Crippen LogP contribution in [0.15, 0.2) is 30.5 Å². The van der Waals surface area contributed by atoms with Crippen molar-refractivity contribution in [1.82, 2.24) is 4.90 Å². The summed E-state index contributed by atoms with van der Waals surface area (Å²) in [5, 5.41) is 0. The van der Waals surface area contributed by atoms with Gasteiger partial charge in [0.05, 0.1) is 0 Å². The quantitative estimate of drug-likeness (QED) is 0.812. The zero-order valence-corrected chi connectivity index (χ0v) is 11.2. The van der Waals surface area contributed by atoms with E-state index in [1.807, 2.05) is 0 Å². The van der Waals surface area contributed by atoms with Gasteiger partial charge >= 0.3 is 6.36 Å². The lowest BCUT2D eigenvalue weighted by molar-refractivity contribution is -0.274. The molecule has 1 aromatic rings. The predicted octanol–water partition coefficient (Wildman–Crippen LogP) is 4.04. The van der Waals surface area contributed by atoms with Crippen LogP contribution in [-0.2, 0) is 0 Å². The molecule has 0 N–H and O–H groups in total. The Hall–Kier alpha value is -1.65. The van der Waals surface area contributed by atoms with Gasteiger partial charge in [0.25, 0.3) is 0 Å². The van der Waals surface area contributed by atoms with Crippen LogP contribution in [-0.4, -0.2) is 23.8 Å². The third kappa shape index (κ3) is 2.62. The number of hydrogen-bond donors (Lipinski definition) is 0. The highest BCUT2D eigenvalue weighted by Crippen LogP contribution is 2.39. The first-order valence-electron chi connectivity index (χ1n) is 6.75. The van der Waals surface area contributed by atoms with Crippen LogP contribution in [0.5, 0.6) is 5.75 Å². The summed E-state index contributed by atoms with van der Waals surface area (Å²) < 4.78 is 40.2. The van der Waals surface area contributed by atoms with Crippen molar-refractivity contribution in [2.24, 2.45) is 5.92 Å². The van der Waals surface area contributed by atoms with Crippen LogP contribution in [0.25, 0.3) is 5.57 Å². The van der Waals surface area contributed by atoms with Crippen LogP contribution >= 0.6 is 0 Å². The molecule has 3 rings (SSSR count). The lowest BCUT2D eigenvalue weighted by atomic mass is 9.88. The van der Waals surface area contributed by atoms with Crippen LogP contribution in [0.1, 0.15) is 25.3 Å². The van der Waals surface area contributed by atoms with E-state index in [0.29, 0.717) is 12.0 Å². The minimum absolute atomic E-state index is 0.172. The molecule has 0 amide bonds. The highest BCUT2D eigenvalue weighted by molar-refractivity contribution is 5.67. The molecule has 1 saturated heterocycles. The normalized spacial score (nSPS) is 25.6. The van der Waals surface area contributed by atoms with Gasteiger partial charge < -0.3 is 9.64 Å². The number of halogens is 3. The van der Waals surface area contributed by atoms with Crippen molar-refractivity contribution in [2.45, 2.75) is 32.2 Å². The molecule has 5 heteroatoms. The summed E-state index contributed by atoms with van der Waals surface area (Å²) >= 11 is 0. The van der Waals surface area contributed by atoms with Gasteiger partial charge in [-0.05, 0) is 49.0 Å². The van der Waals surface area contributed by atoms with Crippen LogP contribution in [0, 0.1) is 5.92 Å². The lowest BCUT2D eigenvalue weighted by Crippen LogP contribution is -2.29. The molecule has 0 radical (unpaired) electrons. The molecular formula is C15H16F3NO. The van der Waals surface area contributed by atoms with Gasteiger partial charge in [-0.15, -0.1) is 13.2 Å². The largest absolute Gasteiger partial charge is 0.573 e. The second-order valence-electron chi connectivity index (χ2n) is 5.46. The van der Waals surface area contributed by atoms with E-state index in [2.05, 4.69) is 22.8 Å². The number of alkyl halides is 3. The average molecular weight is 283 g/mol. The standard InChI is InChI=1S/C15H16F3NO/c1-10-12-6-7-19(10)9-13(8-12)11-2-4-14(5-3-11)20-15(16,17)18/h2-5,9-10,12H,6-8H2,1H3. The van der Waals surface area contributed by atoms with Crippen molar-refractivity contribution in [2.75, 3.05) is 6.54 Å². The maximum Gasteiger partial charge on any atom is 0.573 e. The molecule has 0 saturated carbocycles. The van der Waals surface area contributed by atoms with E-state index in [9.17, 15) is 13.2 Å². The smallest absolute Gasteiger partial charge is 0.406 e. The van der Waals surface area contributed by atoms with E-state index < -0.39 is 6.36 Å². The van der Waals surface area contributed by atoms with Crippen LogP contribution in [0.4, 0.5) is 13.2 Å². The minimum Gasteiger partial charge on any atom is -0.406 e. The second-order valence-corrected chi connectivity index (χ2v) is 5.46. The van der Waals surface area contributed by atoms with Crippen molar-refractivity contribution < 1.29 is 17.9 Å². The summed E-state index contributed by atoms with van der Waals surface area (Å²) in [7, 11) is 0. The van der Waals surface area contributed by atoms with Gasteiger partial charge in [-0.1, -0.05) is 12.1 Å². The monoisotopic (exact) mass is 283 g/mol. The molecule has 2 nitrogen and oxygen atoms in total. The zero-order chi connectivity index (χ0) is 14.3. The first-order chi connectivity index (χ1) is 9.42. The van der Waals surface area contributed by atoms with E-state index in [1.165, 1.54) is 24.1 Å². The fourth-order valence-corrected chi connectivity index (χ4v) is 3.08. The highest BCUT2D eigenvalue weighted by Gasteiger charge is 2.34. The number of fused-ring (bicyclic) bond motifs is 2. The second kappa shape index (κ2) is 4.72. The van der Waals surface area contributed by atoms with E-state index in [1.54, 1.807) is 12.1 Å². The Bertz CT molecular complexity index is 521. The van der Waals surface area contributed by atoms with Crippen molar-refractivity contribution in [1.29, 1.82) is 0 Å². The Morgan fingerprint density at radius 2 is 1.90 bits per heavy atom. The Kier molecular flexibility index (Phi) is 3.15. The van der Waals surface area contributed by atoms with Crippen LogP contribution < -0.4 is 4.74 Å². The third-order valence-electron chi connectivity index (χ3n) is 4.23. The molecule has 0 aliphatic carbocycles. The molecule has 2 heterocycles. The summed E-state index contributed by atoms with van der Waals surface area (Å²) in [6.07, 6.45) is -0.298. The van der Waals surface area contributed by atoms with E-state index in [-0.39, 0.29) is 5.75 Å². The number of ether oxygens (including phenoxy) is 1. The molecule has 2 aliphatic heterocycles. The number of allylic oxidation sites excluding steroid dienone is 1. The minimum atomic E-state index is -4.63. The van der Waals surface area contributed by atoms with Gasteiger partial charge in [0.15, 0.2) is 0 Å². The number of rotatable bonds is 2. The van der Waals surface area contributed by atoms with Gasteiger partial charge in [-0.2, -0.15) is 0 Å². The SMILES string of the molecule is CC1C2CCN1C=C(c1ccc(OC(F)(F)F)cc1)C2. The summed E-state index contributed by atoms with van der Waals surface area (Å²) in [4.78, 5) is 2.32. The van der Waals surface area contributed by atoms with Crippen molar-refractivity contribution in [3.8, 4) is 5.75 Å². The molecule has 1 fully saturated rings. The van der Waals surface area contributed by atoms with Gasteiger partial charge in [-0.25, -0.2) is 0 Å². The molecule has 2 bridgehead atoms. The van der Waals surface area contributed by atoms with Crippen molar-refractivity contribution in [3.05, 3.63) is 36.0 Å². The van der Waals surface area contributed by atoms with E-state index in [4.69, 9.17) is 0 Å². The number of hydrogen-bond acceptors (Lipinski definition) is 2. The molecular weight excluding hydrogens is 267 g/mol. The third-order valence-corrected chi connectivity index (χ3v) is 4.23. The maximum atomic E-state index is 12.1. The molecule has 1 aromatic carbocycles. The molecule has 0 aromatic heterocycles. The fourth-order valence-electron chi connectivity index (χ4n) is 3.08. The molecule has 20 heavy (non-hydrogen) atoms. The van der Waals surface area contributed by atoms with Crippen molar-refractivity contribution >= 4 is 5.57 Å². The summed E-state index contributed by atoms with van der Waals surface area (Å²) in [5.74, 6) is 0.482. The Morgan fingerprint density at radius 1 is 1.20 bits per heavy atom. The molecule has 0 spiro atoms. The predicted molar refractivity (Wildman–Crippen MR) is 70.0 cm³/mol. The van der Waals surface area contributed by atoms with E-state index >= 15 is 0 Å². The fraction of sp³-hybridized carbons (Fsp3) is 0.467. The number of nitrogens with zero attached hydrogens (tertiary/aromatic N) is 1. The molecule has 108 valence electrons. The first-order valence-corrected chi connectivity index (χ1v) is 6.75. The Balaban J connectivity index is 1.77. The van der Waals surface area contributed by atoms with Gasteiger partial charge in [-0.3, -0.25) is 0 Å². The van der Waals surface area contributed by atoms with Crippen molar-refractivity contribution in [3.63, 3.8) is 0 Å². The molecule has 2 aliphatic rings. The zero-order valence-electron chi connectivity index (χ0n) is 11.2. The average Bonchev–Trinajstić information content (AvgIpc) is 2.61. The lowest BCUT2D eigenvalue weighted by Gasteiger charge is -2.30. The Morgan fingerprint density at radius 3 is 2.50 bits per heavy atom. The molecule has 2 atom stereocenters. The Labute approximate surface area is 115 Å². The van der Waals surface area contributed by atoms with Crippen LogP contribution in [0.2, 0.25) is 0 Å². The molecule has 2 unspecified atom stereocenters. The van der Waals surface area contributed by atoms with Gasteiger partial charge in [0.1, 0.15) is 5.75 Å². The number of benzene rings is 1. The topological polar surface area (TPSA) is 12.5 Å². The highest BCUT2D eigenvalue weighted by atomic mass is 19.4. The van der Waals surface area contributed by atoms with Crippen LogP contribution in [0.3, 0.4) is 0 Å². The van der Waals surface area contributed by atoms with Gasteiger partial charge in [0, 0.05) is 18.8 Å². The summed E-state index contributed by atoms with van der Waals surface area (Å²) in [5.41, 5.74) is 2.17. The first kappa shape index (κ1) is 13.3. The van der Waals surface area contributed by atoms with E-state index in [0.717, 1.165) is 18.5 Å². The summed E-state index contributed by atoms with van der Waals surface area (Å²) in [6, 6.07) is 6.72. The maximum absolute atomic E-state index is 12.1. The van der Waals surface area contributed by atoms with Gasteiger partial charge in [0.2, 0.25) is 0 Å².